The Morgan fingerprint density at radius 3 is 2.32 bits per heavy atom. The molecular formula is C15H22F2N2O3. The topological polar surface area (TPSA) is 84.6 Å². The van der Waals surface area contributed by atoms with Gasteiger partial charge in [-0.05, 0) is 44.9 Å². The Kier molecular flexibility index (Phi) is 6.25. The smallest absolute Gasteiger partial charge is 0.407 e. The van der Waals surface area contributed by atoms with Crippen LogP contribution in [0.1, 0.15) is 26.3 Å². The van der Waals surface area contributed by atoms with Crippen molar-refractivity contribution >= 4 is 6.09 Å². The number of aliphatic hydroxyl groups excluding tert-OH is 1. The summed E-state index contributed by atoms with van der Waals surface area (Å²) in [7, 11) is 0. The average Bonchev–Trinajstić information content (AvgIpc) is 2.33. The van der Waals surface area contributed by atoms with Crippen molar-refractivity contribution in [2.75, 3.05) is 6.54 Å². The Labute approximate surface area is 128 Å². The van der Waals surface area contributed by atoms with Gasteiger partial charge in [0.25, 0.3) is 0 Å². The number of aliphatic hydroxyl groups is 1. The normalized spacial score (nSPS) is 14.3. The van der Waals surface area contributed by atoms with Crippen LogP contribution in [0.4, 0.5) is 13.6 Å². The summed E-state index contributed by atoms with van der Waals surface area (Å²) >= 11 is 0. The van der Waals surface area contributed by atoms with Crippen molar-refractivity contribution in [3.05, 3.63) is 35.4 Å². The molecule has 0 aliphatic carbocycles. The van der Waals surface area contributed by atoms with E-state index in [1.54, 1.807) is 20.8 Å². The zero-order chi connectivity index (χ0) is 16.9. The molecule has 0 saturated heterocycles. The molecule has 0 aromatic heterocycles. The predicted octanol–water partition coefficient (Wildman–Crippen LogP) is 1.72. The first-order valence-electron chi connectivity index (χ1n) is 6.93. The second-order valence-corrected chi connectivity index (χ2v) is 6.04. The highest BCUT2D eigenvalue weighted by Crippen LogP contribution is 2.13. The van der Waals surface area contributed by atoms with Crippen molar-refractivity contribution in [3.8, 4) is 0 Å². The minimum Gasteiger partial charge on any atom is -0.444 e. The standard InChI is InChI=1S/C15H22F2N2O3/c1-15(2,3)22-14(21)19-12(13(20)8-18)6-9-4-10(16)7-11(17)5-9/h4-5,7,12-13,20H,6,8,18H2,1-3H3,(H,19,21). The fourth-order valence-electron chi connectivity index (χ4n) is 1.89. The second kappa shape index (κ2) is 7.51. The molecule has 0 saturated carbocycles. The molecule has 2 unspecified atom stereocenters. The molecule has 124 valence electrons. The Bertz CT molecular complexity index is 498. The van der Waals surface area contributed by atoms with Crippen molar-refractivity contribution in [3.63, 3.8) is 0 Å². The van der Waals surface area contributed by atoms with Gasteiger partial charge in [-0.2, -0.15) is 0 Å². The van der Waals surface area contributed by atoms with E-state index in [9.17, 15) is 18.7 Å². The van der Waals surface area contributed by atoms with Crippen molar-refractivity contribution in [1.82, 2.24) is 5.32 Å². The third-order valence-electron chi connectivity index (χ3n) is 2.79. The molecule has 22 heavy (non-hydrogen) atoms. The molecule has 0 spiro atoms. The summed E-state index contributed by atoms with van der Waals surface area (Å²) in [6.07, 6.45) is -1.78. The molecule has 0 heterocycles. The van der Waals surface area contributed by atoms with Gasteiger partial charge in [-0.1, -0.05) is 0 Å². The fraction of sp³-hybridized carbons (Fsp3) is 0.533. The quantitative estimate of drug-likeness (QED) is 0.772. The van der Waals surface area contributed by atoms with Crippen LogP contribution < -0.4 is 11.1 Å². The summed E-state index contributed by atoms with van der Waals surface area (Å²) in [5.41, 5.74) is 5.00. The van der Waals surface area contributed by atoms with E-state index in [4.69, 9.17) is 10.5 Å². The monoisotopic (exact) mass is 316 g/mol. The maximum Gasteiger partial charge on any atom is 0.407 e. The first-order chi connectivity index (χ1) is 10.1. The zero-order valence-electron chi connectivity index (χ0n) is 12.9. The van der Waals surface area contributed by atoms with Gasteiger partial charge in [-0.15, -0.1) is 0 Å². The number of rotatable bonds is 5. The molecule has 0 fully saturated rings. The third-order valence-corrected chi connectivity index (χ3v) is 2.79. The first-order valence-corrected chi connectivity index (χ1v) is 6.93. The lowest BCUT2D eigenvalue weighted by atomic mass is 10.0. The molecule has 0 aliphatic rings. The maximum atomic E-state index is 13.2. The number of hydrogen-bond acceptors (Lipinski definition) is 4. The fourth-order valence-corrected chi connectivity index (χ4v) is 1.89. The number of hydrogen-bond donors (Lipinski definition) is 3. The van der Waals surface area contributed by atoms with Gasteiger partial charge in [0.05, 0.1) is 12.1 Å². The summed E-state index contributed by atoms with van der Waals surface area (Å²) in [6, 6.07) is 2.20. The van der Waals surface area contributed by atoms with Crippen LogP contribution in [0.2, 0.25) is 0 Å². The molecule has 1 amide bonds. The summed E-state index contributed by atoms with van der Waals surface area (Å²) in [5, 5.41) is 12.4. The highest BCUT2D eigenvalue weighted by atomic mass is 19.1. The number of nitrogens with one attached hydrogen (secondary N) is 1. The van der Waals surface area contributed by atoms with Gasteiger partial charge >= 0.3 is 6.09 Å². The van der Waals surface area contributed by atoms with E-state index in [0.29, 0.717) is 5.56 Å². The van der Waals surface area contributed by atoms with Crippen LogP contribution in [0.15, 0.2) is 18.2 Å². The lowest BCUT2D eigenvalue weighted by Gasteiger charge is -2.26. The molecule has 0 radical (unpaired) electrons. The molecule has 2 atom stereocenters. The molecule has 4 N–H and O–H groups in total. The Hall–Kier alpha value is -1.73. The molecule has 0 bridgehead atoms. The predicted molar refractivity (Wildman–Crippen MR) is 78.3 cm³/mol. The molecule has 1 aromatic rings. The number of alkyl carbamates (subject to hydrolysis) is 1. The first kappa shape index (κ1) is 18.3. The van der Waals surface area contributed by atoms with Crippen LogP contribution in [-0.2, 0) is 11.2 Å². The molecule has 1 rings (SSSR count). The van der Waals surface area contributed by atoms with Crippen molar-refractivity contribution in [2.45, 2.75) is 44.9 Å². The Balaban J connectivity index is 2.82. The Morgan fingerprint density at radius 2 is 1.86 bits per heavy atom. The van der Waals surface area contributed by atoms with Crippen LogP contribution in [0.25, 0.3) is 0 Å². The van der Waals surface area contributed by atoms with E-state index in [1.165, 1.54) is 0 Å². The van der Waals surface area contributed by atoms with E-state index in [2.05, 4.69) is 5.32 Å². The lowest BCUT2D eigenvalue weighted by Crippen LogP contribution is -2.49. The van der Waals surface area contributed by atoms with Gasteiger partial charge in [-0.3, -0.25) is 0 Å². The summed E-state index contributed by atoms with van der Waals surface area (Å²) < 4.78 is 31.5. The number of nitrogens with two attached hydrogens (primary N) is 1. The minimum absolute atomic E-state index is 0.0201. The number of benzene rings is 1. The Morgan fingerprint density at radius 1 is 1.32 bits per heavy atom. The molecule has 0 aliphatic heterocycles. The highest BCUT2D eigenvalue weighted by molar-refractivity contribution is 5.68. The highest BCUT2D eigenvalue weighted by Gasteiger charge is 2.24. The van der Waals surface area contributed by atoms with Crippen LogP contribution in [0.3, 0.4) is 0 Å². The van der Waals surface area contributed by atoms with Gasteiger partial charge in [0, 0.05) is 12.6 Å². The third kappa shape index (κ3) is 6.36. The average molecular weight is 316 g/mol. The molecule has 5 nitrogen and oxygen atoms in total. The zero-order valence-corrected chi connectivity index (χ0v) is 12.9. The van der Waals surface area contributed by atoms with Crippen LogP contribution in [-0.4, -0.2) is 35.5 Å². The number of ether oxygens (including phenoxy) is 1. The van der Waals surface area contributed by atoms with Gasteiger partial charge in [0.1, 0.15) is 17.2 Å². The van der Waals surface area contributed by atoms with E-state index in [1.807, 2.05) is 0 Å². The number of carbonyl (C=O) groups excluding carboxylic acids is 1. The van der Waals surface area contributed by atoms with E-state index < -0.39 is 35.5 Å². The largest absolute Gasteiger partial charge is 0.444 e. The number of amides is 1. The van der Waals surface area contributed by atoms with Crippen LogP contribution in [0, 0.1) is 11.6 Å². The van der Waals surface area contributed by atoms with Crippen molar-refractivity contribution < 1.29 is 23.4 Å². The van der Waals surface area contributed by atoms with Gasteiger partial charge < -0.3 is 20.9 Å². The van der Waals surface area contributed by atoms with Crippen LogP contribution in [0.5, 0.6) is 0 Å². The minimum atomic E-state index is -1.07. The summed E-state index contributed by atoms with van der Waals surface area (Å²) in [5.74, 6) is -1.46. The van der Waals surface area contributed by atoms with E-state index in [0.717, 1.165) is 18.2 Å². The van der Waals surface area contributed by atoms with Gasteiger partial charge in [0.15, 0.2) is 0 Å². The summed E-state index contributed by atoms with van der Waals surface area (Å²) in [4.78, 5) is 11.8. The summed E-state index contributed by atoms with van der Waals surface area (Å²) in [6.45, 7) is 4.98. The number of carbonyl (C=O) groups is 1. The molecule has 7 heteroatoms. The van der Waals surface area contributed by atoms with Crippen LogP contribution >= 0.6 is 0 Å². The maximum absolute atomic E-state index is 13.2. The second-order valence-electron chi connectivity index (χ2n) is 6.04. The van der Waals surface area contributed by atoms with Gasteiger partial charge in [-0.25, -0.2) is 13.6 Å². The van der Waals surface area contributed by atoms with E-state index >= 15 is 0 Å². The van der Waals surface area contributed by atoms with E-state index in [-0.39, 0.29) is 13.0 Å². The van der Waals surface area contributed by atoms with Crippen molar-refractivity contribution in [2.24, 2.45) is 5.73 Å². The lowest BCUT2D eigenvalue weighted by molar-refractivity contribution is 0.0430. The SMILES string of the molecule is CC(C)(C)OC(=O)NC(Cc1cc(F)cc(F)c1)C(O)CN. The van der Waals surface area contributed by atoms with Gasteiger partial charge in [0.2, 0.25) is 0 Å². The molecular weight excluding hydrogens is 294 g/mol. The number of halogens is 2. The van der Waals surface area contributed by atoms with Crippen molar-refractivity contribution in [1.29, 1.82) is 0 Å². The molecule has 1 aromatic carbocycles.